The summed E-state index contributed by atoms with van der Waals surface area (Å²) in [6.07, 6.45) is 1.22. The molecule has 0 atom stereocenters. The van der Waals surface area contributed by atoms with E-state index in [0.29, 0.717) is 5.56 Å². The molecule has 9 heteroatoms. The van der Waals surface area contributed by atoms with E-state index >= 15 is 0 Å². The molecule has 0 aliphatic heterocycles. The van der Waals surface area contributed by atoms with Crippen molar-refractivity contribution in [3.05, 3.63) is 69.3 Å². The summed E-state index contributed by atoms with van der Waals surface area (Å²) >= 11 is 0. The number of carbonyl (C=O) groups excluding carboxylic acids is 1. The molecule has 25 heavy (non-hydrogen) atoms. The fourth-order valence-electron chi connectivity index (χ4n) is 2.02. The number of aromatic carboxylic acids is 1. The van der Waals surface area contributed by atoms with Gasteiger partial charge in [-0.1, -0.05) is 12.1 Å². The predicted octanol–water partition coefficient (Wildman–Crippen LogP) is 2.07. The Morgan fingerprint density at radius 1 is 1.24 bits per heavy atom. The van der Waals surface area contributed by atoms with Crippen molar-refractivity contribution in [1.82, 2.24) is 5.43 Å². The summed E-state index contributed by atoms with van der Waals surface area (Å²) in [7, 11) is 1.35. The van der Waals surface area contributed by atoms with Crippen LogP contribution in [0.2, 0.25) is 0 Å². The van der Waals surface area contributed by atoms with Crippen LogP contribution in [0.15, 0.2) is 47.6 Å². The van der Waals surface area contributed by atoms with Crippen LogP contribution in [0.4, 0.5) is 5.69 Å². The van der Waals surface area contributed by atoms with Crippen LogP contribution in [0, 0.1) is 10.1 Å². The van der Waals surface area contributed by atoms with Crippen LogP contribution >= 0.6 is 0 Å². The molecular formula is C16H13N3O6. The molecule has 1 amide bonds. The number of carboxylic acid groups (broad SMARTS) is 1. The van der Waals surface area contributed by atoms with E-state index in [4.69, 9.17) is 9.84 Å². The Morgan fingerprint density at radius 3 is 2.60 bits per heavy atom. The molecule has 0 radical (unpaired) electrons. The average molecular weight is 343 g/mol. The number of nitro groups is 1. The Morgan fingerprint density at radius 2 is 1.96 bits per heavy atom. The zero-order valence-corrected chi connectivity index (χ0v) is 13.0. The minimum Gasteiger partial charge on any atom is -0.496 e. The van der Waals surface area contributed by atoms with Gasteiger partial charge in [0.05, 0.1) is 18.2 Å². The summed E-state index contributed by atoms with van der Waals surface area (Å²) in [6, 6.07) is 9.78. The van der Waals surface area contributed by atoms with Crippen molar-refractivity contribution in [3.8, 4) is 5.75 Å². The molecule has 2 aromatic rings. The van der Waals surface area contributed by atoms with E-state index in [0.717, 1.165) is 0 Å². The number of methoxy groups -OCH3 is 1. The molecule has 128 valence electrons. The molecule has 0 spiro atoms. The third-order valence-corrected chi connectivity index (χ3v) is 3.18. The van der Waals surface area contributed by atoms with Gasteiger partial charge in [-0.15, -0.1) is 0 Å². The topological polar surface area (TPSA) is 131 Å². The van der Waals surface area contributed by atoms with Crippen molar-refractivity contribution >= 4 is 23.8 Å². The molecule has 2 aromatic carbocycles. The molecule has 0 saturated heterocycles. The van der Waals surface area contributed by atoms with Crippen molar-refractivity contribution in [2.45, 2.75) is 0 Å². The molecule has 0 aromatic heterocycles. The lowest BCUT2D eigenvalue weighted by atomic mass is 10.1. The maximum atomic E-state index is 12.0. The van der Waals surface area contributed by atoms with Crippen LogP contribution < -0.4 is 10.2 Å². The first kappa shape index (κ1) is 17.6. The normalized spacial score (nSPS) is 10.4. The minimum absolute atomic E-state index is 0.0588. The van der Waals surface area contributed by atoms with E-state index in [9.17, 15) is 19.7 Å². The van der Waals surface area contributed by atoms with E-state index in [2.05, 4.69) is 10.5 Å². The standard InChI is InChI=1S/C16H13N3O6/c1-25-14-7-6-10(8-12(14)16(21)22)9-17-18-15(20)11-4-2-3-5-13(11)19(23)24/h2-9H,1H3,(H,18,20)(H,21,22)/b17-9-. The number of hydrogen-bond donors (Lipinski definition) is 2. The summed E-state index contributed by atoms with van der Waals surface area (Å²) in [5.74, 6) is -1.74. The second kappa shape index (κ2) is 7.68. The van der Waals surface area contributed by atoms with Gasteiger partial charge in [0.1, 0.15) is 16.9 Å². The first-order valence-electron chi connectivity index (χ1n) is 6.92. The van der Waals surface area contributed by atoms with Crippen molar-refractivity contribution in [2.24, 2.45) is 5.10 Å². The average Bonchev–Trinajstić information content (AvgIpc) is 2.61. The number of hydrogen-bond acceptors (Lipinski definition) is 6. The molecule has 0 unspecified atom stereocenters. The first-order valence-corrected chi connectivity index (χ1v) is 6.92. The third-order valence-electron chi connectivity index (χ3n) is 3.18. The molecule has 2 N–H and O–H groups in total. The van der Waals surface area contributed by atoms with Gasteiger partial charge in [0, 0.05) is 6.07 Å². The molecule has 0 fully saturated rings. The predicted molar refractivity (Wildman–Crippen MR) is 88.1 cm³/mol. The molecule has 0 heterocycles. The van der Waals surface area contributed by atoms with Crippen LogP contribution in [-0.4, -0.2) is 35.2 Å². The van der Waals surface area contributed by atoms with E-state index in [-0.39, 0.29) is 22.6 Å². The first-order chi connectivity index (χ1) is 11.9. The summed E-state index contributed by atoms with van der Waals surface area (Å²) in [5, 5.41) is 23.7. The van der Waals surface area contributed by atoms with Crippen LogP contribution in [-0.2, 0) is 0 Å². The Balaban J connectivity index is 2.16. The molecule has 2 rings (SSSR count). The van der Waals surface area contributed by atoms with Gasteiger partial charge in [0.2, 0.25) is 0 Å². The van der Waals surface area contributed by atoms with Crippen molar-refractivity contribution in [3.63, 3.8) is 0 Å². The highest BCUT2D eigenvalue weighted by atomic mass is 16.6. The van der Waals surface area contributed by atoms with Gasteiger partial charge in [-0.3, -0.25) is 14.9 Å². The van der Waals surface area contributed by atoms with Crippen molar-refractivity contribution < 1.29 is 24.4 Å². The van der Waals surface area contributed by atoms with Gasteiger partial charge < -0.3 is 9.84 Å². The van der Waals surface area contributed by atoms with E-state index in [1.807, 2.05) is 0 Å². The van der Waals surface area contributed by atoms with Crippen LogP contribution in [0.1, 0.15) is 26.3 Å². The van der Waals surface area contributed by atoms with Gasteiger partial charge >= 0.3 is 5.97 Å². The second-order valence-electron chi connectivity index (χ2n) is 4.74. The highest BCUT2D eigenvalue weighted by Gasteiger charge is 2.18. The number of benzene rings is 2. The van der Waals surface area contributed by atoms with Gasteiger partial charge in [-0.05, 0) is 29.8 Å². The lowest BCUT2D eigenvalue weighted by molar-refractivity contribution is -0.385. The maximum absolute atomic E-state index is 12.0. The zero-order valence-electron chi connectivity index (χ0n) is 13.0. The summed E-state index contributed by atoms with van der Waals surface area (Å²) < 4.78 is 4.94. The smallest absolute Gasteiger partial charge is 0.339 e. The zero-order chi connectivity index (χ0) is 18.4. The summed E-state index contributed by atoms with van der Waals surface area (Å²) in [4.78, 5) is 33.4. The minimum atomic E-state index is -1.17. The van der Waals surface area contributed by atoms with Gasteiger partial charge in [-0.25, -0.2) is 10.2 Å². The lowest BCUT2D eigenvalue weighted by Crippen LogP contribution is -2.19. The summed E-state index contributed by atoms with van der Waals surface area (Å²) in [5.41, 5.74) is 2.04. The number of amides is 1. The van der Waals surface area contributed by atoms with Gasteiger partial charge in [0.25, 0.3) is 11.6 Å². The number of rotatable bonds is 6. The van der Waals surface area contributed by atoms with Gasteiger partial charge in [0.15, 0.2) is 0 Å². The Bertz CT molecular complexity index is 863. The Hall–Kier alpha value is -3.75. The Labute approximate surface area is 141 Å². The molecule has 0 aliphatic carbocycles. The highest BCUT2D eigenvalue weighted by Crippen LogP contribution is 2.19. The number of ether oxygens (including phenoxy) is 1. The van der Waals surface area contributed by atoms with Crippen LogP contribution in [0.25, 0.3) is 0 Å². The van der Waals surface area contributed by atoms with E-state index < -0.39 is 16.8 Å². The fourth-order valence-corrected chi connectivity index (χ4v) is 2.02. The molecule has 0 aliphatic rings. The number of hydrazone groups is 1. The monoisotopic (exact) mass is 343 g/mol. The van der Waals surface area contributed by atoms with Crippen LogP contribution in [0.5, 0.6) is 5.75 Å². The maximum Gasteiger partial charge on any atom is 0.339 e. The highest BCUT2D eigenvalue weighted by molar-refractivity contribution is 5.99. The number of carboxylic acids is 1. The number of carbonyl (C=O) groups is 2. The van der Waals surface area contributed by atoms with Gasteiger partial charge in [-0.2, -0.15) is 5.10 Å². The van der Waals surface area contributed by atoms with E-state index in [1.54, 1.807) is 6.07 Å². The lowest BCUT2D eigenvalue weighted by Gasteiger charge is -2.05. The Kier molecular flexibility index (Phi) is 5.41. The SMILES string of the molecule is COc1ccc(/C=N\NC(=O)c2ccccc2[N+](=O)[O-])cc1C(=O)O. The molecule has 0 saturated carbocycles. The number of nitrogens with zero attached hydrogens (tertiary/aromatic N) is 2. The third kappa shape index (κ3) is 4.16. The number of nitrogens with one attached hydrogen (secondary N) is 1. The number of nitro benzene ring substituents is 1. The van der Waals surface area contributed by atoms with Crippen LogP contribution in [0.3, 0.4) is 0 Å². The molecular weight excluding hydrogens is 330 g/mol. The number of para-hydroxylation sites is 1. The summed E-state index contributed by atoms with van der Waals surface area (Å²) in [6.45, 7) is 0. The van der Waals surface area contributed by atoms with Crippen molar-refractivity contribution in [2.75, 3.05) is 7.11 Å². The molecule has 0 bridgehead atoms. The van der Waals surface area contributed by atoms with E-state index in [1.165, 1.54) is 49.7 Å². The quantitative estimate of drug-likeness (QED) is 0.469. The fraction of sp³-hybridized carbons (Fsp3) is 0.0625. The second-order valence-corrected chi connectivity index (χ2v) is 4.74. The van der Waals surface area contributed by atoms with Crippen molar-refractivity contribution in [1.29, 1.82) is 0 Å². The molecule has 9 nitrogen and oxygen atoms in total. The largest absolute Gasteiger partial charge is 0.496 e.